The smallest absolute Gasteiger partial charge is 0.187 e. The van der Waals surface area contributed by atoms with E-state index in [1.54, 1.807) is 19.2 Å². The normalized spacial score (nSPS) is 11.5. The van der Waals surface area contributed by atoms with Gasteiger partial charge < -0.3 is 4.90 Å². The lowest BCUT2D eigenvalue weighted by molar-refractivity contribution is 0.599. The molecule has 2 heterocycles. The number of thiophene rings is 1. The summed E-state index contributed by atoms with van der Waals surface area (Å²) in [4.78, 5) is 7.17. The molecule has 0 aromatic carbocycles. The Bertz CT molecular complexity index is 675. The van der Waals surface area contributed by atoms with Gasteiger partial charge in [0.2, 0.25) is 0 Å². The third-order valence-corrected chi connectivity index (χ3v) is 6.18. The second-order valence-corrected chi connectivity index (χ2v) is 7.88. The van der Waals surface area contributed by atoms with Crippen molar-refractivity contribution in [3.63, 3.8) is 0 Å². The van der Waals surface area contributed by atoms with Crippen molar-refractivity contribution < 1.29 is 8.42 Å². The Morgan fingerprint density at radius 1 is 1.26 bits per heavy atom. The van der Waals surface area contributed by atoms with Gasteiger partial charge in [-0.05, 0) is 24.3 Å². The Morgan fingerprint density at radius 3 is 2.63 bits per heavy atom. The summed E-state index contributed by atoms with van der Waals surface area (Å²) in [6.07, 6.45) is 1.73. The first-order valence-corrected chi connectivity index (χ1v) is 8.38. The quantitative estimate of drug-likeness (QED) is 0.870. The van der Waals surface area contributed by atoms with Crippen LogP contribution < -0.4 is 4.90 Å². The Morgan fingerprint density at radius 2 is 2.00 bits per heavy atom. The number of hydrogen-bond acceptors (Lipinski definition) is 5. The standard InChI is InChI=1S/C13H16N2O2S2/c1-4-19(16,17)12-8-7-11(18-12)10-6-5-9-14-13(10)15(2)3/h5-9H,4H2,1-3H3. The average molecular weight is 296 g/mol. The third-order valence-electron chi connectivity index (χ3n) is 2.74. The first-order valence-electron chi connectivity index (χ1n) is 5.91. The molecule has 0 unspecified atom stereocenters. The zero-order chi connectivity index (χ0) is 14.0. The van der Waals surface area contributed by atoms with E-state index in [1.807, 2.05) is 37.2 Å². The molecule has 4 nitrogen and oxygen atoms in total. The van der Waals surface area contributed by atoms with Gasteiger partial charge in [0.25, 0.3) is 0 Å². The van der Waals surface area contributed by atoms with E-state index in [9.17, 15) is 8.42 Å². The zero-order valence-electron chi connectivity index (χ0n) is 11.1. The number of hydrogen-bond donors (Lipinski definition) is 0. The Labute approximate surface area is 117 Å². The second-order valence-electron chi connectivity index (χ2n) is 4.29. The fourth-order valence-corrected chi connectivity index (χ4v) is 4.17. The molecule has 0 amide bonds. The Hall–Kier alpha value is -1.40. The summed E-state index contributed by atoms with van der Waals surface area (Å²) in [5, 5.41) is 0. The maximum Gasteiger partial charge on any atom is 0.187 e. The largest absolute Gasteiger partial charge is 0.362 e. The van der Waals surface area contributed by atoms with E-state index in [2.05, 4.69) is 4.98 Å². The number of pyridine rings is 1. The Kier molecular flexibility index (Phi) is 3.91. The summed E-state index contributed by atoms with van der Waals surface area (Å²) in [7, 11) is 0.706. The van der Waals surface area contributed by atoms with Crippen LogP contribution in [0.1, 0.15) is 6.92 Å². The van der Waals surface area contributed by atoms with E-state index in [1.165, 1.54) is 11.3 Å². The van der Waals surface area contributed by atoms with Gasteiger partial charge in [0.15, 0.2) is 9.84 Å². The summed E-state index contributed by atoms with van der Waals surface area (Å²) in [6, 6.07) is 7.33. The van der Waals surface area contributed by atoms with Gasteiger partial charge in [0, 0.05) is 30.7 Å². The van der Waals surface area contributed by atoms with Crippen LogP contribution in [0.2, 0.25) is 0 Å². The highest BCUT2D eigenvalue weighted by molar-refractivity contribution is 7.93. The number of rotatable bonds is 4. The number of aromatic nitrogens is 1. The lowest BCUT2D eigenvalue weighted by atomic mass is 10.2. The van der Waals surface area contributed by atoms with Crippen LogP contribution >= 0.6 is 11.3 Å². The molecule has 0 aliphatic carbocycles. The SMILES string of the molecule is CCS(=O)(=O)c1ccc(-c2cccnc2N(C)C)s1. The van der Waals surface area contributed by atoms with Crippen molar-refractivity contribution in [3.05, 3.63) is 30.5 Å². The maximum absolute atomic E-state index is 11.8. The highest BCUT2D eigenvalue weighted by Gasteiger charge is 2.17. The summed E-state index contributed by atoms with van der Waals surface area (Å²) in [5.41, 5.74) is 0.954. The molecule has 2 aromatic rings. The summed E-state index contributed by atoms with van der Waals surface area (Å²) >= 11 is 1.29. The van der Waals surface area contributed by atoms with Crippen LogP contribution in [0.5, 0.6) is 0 Å². The van der Waals surface area contributed by atoms with Crippen LogP contribution in [-0.4, -0.2) is 33.2 Å². The highest BCUT2D eigenvalue weighted by atomic mass is 32.2. The molecule has 0 spiro atoms. The lowest BCUT2D eigenvalue weighted by Crippen LogP contribution is -2.11. The molecule has 19 heavy (non-hydrogen) atoms. The Balaban J connectivity index is 2.50. The minimum Gasteiger partial charge on any atom is -0.362 e. The van der Waals surface area contributed by atoms with E-state index in [-0.39, 0.29) is 5.75 Å². The van der Waals surface area contributed by atoms with E-state index >= 15 is 0 Å². The van der Waals surface area contributed by atoms with Crippen molar-refractivity contribution in [1.29, 1.82) is 0 Å². The summed E-state index contributed by atoms with van der Waals surface area (Å²) in [6.45, 7) is 1.66. The van der Waals surface area contributed by atoms with Crippen LogP contribution in [0.3, 0.4) is 0 Å². The van der Waals surface area contributed by atoms with Gasteiger partial charge in [-0.3, -0.25) is 0 Å². The van der Waals surface area contributed by atoms with Gasteiger partial charge in [-0.1, -0.05) is 6.92 Å². The molecule has 102 valence electrons. The average Bonchev–Trinajstić information content (AvgIpc) is 2.89. The van der Waals surface area contributed by atoms with E-state index < -0.39 is 9.84 Å². The van der Waals surface area contributed by atoms with Gasteiger partial charge in [0.05, 0.1) is 5.75 Å². The van der Waals surface area contributed by atoms with Crippen LogP contribution in [0.25, 0.3) is 10.4 Å². The molecule has 0 aliphatic rings. The molecule has 6 heteroatoms. The fourth-order valence-electron chi connectivity index (χ4n) is 1.72. The fraction of sp³-hybridized carbons (Fsp3) is 0.308. The van der Waals surface area contributed by atoms with Crippen molar-refractivity contribution in [2.24, 2.45) is 0 Å². The molecule has 0 fully saturated rings. The van der Waals surface area contributed by atoms with Crippen LogP contribution in [-0.2, 0) is 9.84 Å². The van der Waals surface area contributed by atoms with Crippen LogP contribution in [0.15, 0.2) is 34.7 Å². The maximum atomic E-state index is 11.8. The van der Waals surface area contributed by atoms with Crippen LogP contribution in [0.4, 0.5) is 5.82 Å². The molecule has 0 bridgehead atoms. The minimum absolute atomic E-state index is 0.126. The lowest BCUT2D eigenvalue weighted by Gasteiger charge is -2.14. The molecule has 0 aliphatic heterocycles. The molecule has 0 saturated carbocycles. The molecule has 2 rings (SSSR count). The zero-order valence-corrected chi connectivity index (χ0v) is 12.8. The predicted molar refractivity (Wildman–Crippen MR) is 79.6 cm³/mol. The molecule has 2 aromatic heterocycles. The molecule has 0 radical (unpaired) electrons. The van der Waals surface area contributed by atoms with Gasteiger partial charge in [0.1, 0.15) is 10.0 Å². The molecular formula is C13H16N2O2S2. The van der Waals surface area contributed by atoms with Crippen molar-refractivity contribution in [3.8, 4) is 10.4 Å². The molecule has 0 atom stereocenters. The van der Waals surface area contributed by atoms with E-state index in [4.69, 9.17) is 0 Å². The van der Waals surface area contributed by atoms with E-state index in [0.717, 1.165) is 16.3 Å². The number of sulfone groups is 1. The van der Waals surface area contributed by atoms with E-state index in [0.29, 0.717) is 4.21 Å². The van der Waals surface area contributed by atoms with Gasteiger partial charge in [-0.25, -0.2) is 13.4 Å². The van der Waals surface area contributed by atoms with Crippen molar-refractivity contribution in [2.45, 2.75) is 11.1 Å². The monoisotopic (exact) mass is 296 g/mol. The van der Waals surface area contributed by atoms with Crippen molar-refractivity contribution in [2.75, 3.05) is 24.7 Å². The summed E-state index contributed by atoms with van der Waals surface area (Å²) < 4.78 is 24.1. The molecule has 0 N–H and O–H groups in total. The third kappa shape index (κ3) is 2.79. The number of anilines is 1. The van der Waals surface area contributed by atoms with Crippen molar-refractivity contribution >= 4 is 27.0 Å². The number of nitrogens with zero attached hydrogens (tertiary/aromatic N) is 2. The second kappa shape index (κ2) is 5.30. The van der Waals surface area contributed by atoms with Gasteiger partial charge in [-0.15, -0.1) is 11.3 Å². The first-order chi connectivity index (χ1) is 8.95. The molecular weight excluding hydrogens is 280 g/mol. The minimum atomic E-state index is -3.13. The highest BCUT2D eigenvalue weighted by Crippen LogP contribution is 2.35. The van der Waals surface area contributed by atoms with Crippen LogP contribution in [0, 0.1) is 0 Å². The van der Waals surface area contributed by atoms with Crippen molar-refractivity contribution in [1.82, 2.24) is 4.98 Å². The topological polar surface area (TPSA) is 50.3 Å². The first kappa shape index (κ1) is 14.0. The summed E-state index contributed by atoms with van der Waals surface area (Å²) in [5.74, 6) is 0.963. The predicted octanol–water partition coefficient (Wildman–Crippen LogP) is 2.67. The molecule has 0 saturated heterocycles. The van der Waals surface area contributed by atoms with Gasteiger partial charge in [-0.2, -0.15) is 0 Å². The van der Waals surface area contributed by atoms with Gasteiger partial charge >= 0.3 is 0 Å².